The highest BCUT2D eigenvalue weighted by Gasteiger charge is 2.40. The summed E-state index contributed by atoms with van der Waals surface area (Å²) in [4.78, 5) is 0. The Morgan fingerprint density at radius 1 is 1.00 bits per heavy atom. The molecule has 0 aliphatic heterocycles. The number of hydrogen-bond donors (Lipinski definition) is 0. The zero-order chi connectivity index (χ0) is 19.3. The van der Waals surface area contributed by atoms with Crippen LogP contribution in [-0.2, 0) is 4.65 Å². The minimum absolute atomic E-state index is 0.0684. The Morgan fingerprint density at radius 3 is 2.16 bits per heavy atom. The van der Waals surface area contributed by atoms with E-state index in [1.807, 2.05) is 0 Å². The maximum Gasteiger partial charge on any atom is 0.341 e. The van der Waals surface area contributed by atoms with Gasteiger partial charge in [-0.3, -0.25) is 0 Å². The Morgan fingerprint density at radius 2 is 1.64 bits per heavy atom. The Hall–Kier alpha value is -0.675. The van der Waals surface area contributed by atoms with Crippen molar-refractivity contribution in [1.29, 1.82) is 0 Å². The maximum atomic E-state index is 6.40. The molecular formula is C23H43BO. The highest BCUT2D eigenvalue weighted by atomic mass is 16.4. The summed E-state index contributed by atoms with van der Waals surface area (Å²) in [6.07, 6.45) is 12.2. The van der Waals surface area contributed by atoms with Crippen molar-refractivity contribution >= 4 is 6.92 Å². The molecule has 2 heteroatoms. The lowest BCUT2D eigenvalue weighted by Gasteiger charge is -2.36. The van der Waals surface area contributed by atoms with Crippen LogP contribution in [0.2, 0.25) is 5.31 Å². The average Bonchev–Trinajstić information content (AvgIpc) is 2.54. The zero-order valence-corrected chi connectivity index (χ0v) is 18.4. The van der Waals surface area contributed by atoms with Crippen LogP contribution in [0.15, 0.2) is 11.5 Å². The molecule has 0 heterocycles. The van der Waals surface area contributed by atoms with Gasteiger partial charge in [-0.15, -0.1) is 0 Å². The van der Waals surface area contributed by atoms with Crippen molar-refractivity contribution in [1.82, 2.24) is 0 Å². The standard InChI is InChI=1S/C23H43BO/c1-9-11-13-15-17-19-22(18-16-14-12-10-2)24(25-21(5)6)23(7,8)20(3)4/h19-21H,9-15,17H2,1-8H3/b22-19-. The zero-order valence-electron chi connectivity index (χ0n) is 18.4. The van der Waals surface area contributed by atoms with Crippen LogP contribution in [0.1, 0.15) is 107 Å². The number of rotatable bonds is 12. The minimum Gasteiger partial charge on any atom is -0.428 e. The molecule has 0 unspecified atom stereocenters. The largest absolute Gasteiger partial charge is 0.428 e. The van der Waals surface area contributed by atoms with Crippen LogP contribution < -0.4 is 0 Å². The van der Waals surface area contributed by atoms with E-state index in [0.29, 0.717) is 5.92 Å². The van der Waals surface area contributed by atoms with Gasteiger partial charge in [0.25, 0.3) is 0 Å². The van der Waals surface area contributed by atoms with Crippen molar-refractivity contribution in [3.05, 3.63) is 11.5 Å². The van der Waals surface area contributed by atoms with E-state index in [-0.39, 0.29) is 18.3 Å². The second-order valence-corrected chi connectivity index (χ2v) is 8.46. The van der Waals surface area contributed by atoms with Crippen LogP contribution in [-0.4, -0.2) is 13.0 Å². The Labute approximate surface area is 159 Å². The SMILES string of the molecule is CCCCC#C/C(=C/CCCCCC)B(OC(C)C)C(C)(C)C(C)C. The first-order valence-electron chi connectivity index (χ1n) is 10.6. The predicted octanol–water partition coefficient (Wildman–Crippen LogP) is 7.47. The van der Waals surface area contributed by atoms with E-state index in [0.717, 1.165) is 12.8 Å². The van der Waals surface area contributed by atoms with Gasteiger partial charge in [-0.25, -0.2) is 0 Å². The van der Waals surface area contributed by atoms with Gasteiger partial charge >= 0.3 is 6.92 Å². The molecule has 0 fully saturated rings. The van der Waals surface area contributed by atoms with Gasteiger partial charge in [0.15, 0.2) is 0 Å². The van der Waals surface area contributed by atoms with Gasteiger partial charge < -0.3 is 4.65 Å². The molecule has 0 aliphatic carbocycles. The molecule has 0 amide bonds. The van der Waals surface area contributed by atoms with E-state index in [9.17, 15) is 0 Å². The highest BCUT2D eigenvalue weighted by Crippen LogP contribution is 2.41. The van der Waals surface area contributed by atoms with E-state index in [1.54, 1.807) is 0 Å². The summed E-state index contributed by atoms with van der Waals surface area (Å²) in [7, 11) is 0. The first kappa shape index (κ1) is 24.3. The third-order valence-corrected chi connectivity index (χ3v) is 5.16. The molecule has 0 saturated carbocycles. The molecule has 0 spiro atoms. The summed E-state index contributed by atoms with van der Waals surface area (Å²) in [5.41, 5.74) is 1.21. The van der Waals surface area contributed by atoms with Crippen LogP contribution in [0.25, 0.3) is 0 Å². The molecule has 25 heavy (non-hydrogen) atoms. The summed E-state index contributed by atoms with van der Waals surface area (Å²) in [5, 5.41) is 0.0684. The van der Waals surface area contributed by atoms with E-state index < -0.39 is 0 Å². The molecule has 0 rings (SSSR count). The summed E-state index contributed by atoms with van der Waals surface area (Å²) in [6, 6.07) is 0. The van der Waals surface area contributed by atoms with Crippen molar-refractivity contribution < 1.29 is 4.65 Å². The monoisotopic (exact) mass is 346 g/mol. The van der Waals surface area contributed by atoms with E-state index in [4.69, 9.17) is 4.65 Å². The molecule has 0 aliphatic rings. The fourth-order valence-electron chi connectivity index (χ4n) is 2.71. The predicted molar refractivity (Wildman–Crippen MR) is 115 cm³/mol. The highest BCUT2D eigenvalue weighted by molar-refractivity contribution is 6.65. The molecule has 0 aromatic heterocycles. The molecule has 0 aromatic rings. The number of allylic oxidation sites excluding steroid dienone is 2. The quantitative estimate of drug-likeness (QED) is 0.202. The van der Waals surface area contributed by atoms with Crippen molar-refractivity contribution in [3.8, 4) is 11.8 Å². The Balaban J connectivity index is 5.41. The van der Waals surface area contributed by atoms with E-state index >= 15 is 0 Å². The topological polar surface area (TPSA) is 9.23 Å². The van der Waals surface area contributed by atoms with Gasteiger partial charge in [-0.1, -0.05) is 85.1 Å². The smallest absolute Gasteiger partial charge is 0.341 e. The second-order valence-electron chi connectivity index (χ2n) is 8.46. The van der Waals surface area contributed by atoms with Crippen LogP contribution >= 0.6 is 0 Å². The lowest BCUT2D eigenvalue weighted by molar-refractivity contribution is 0.223. The van der Waals surface area contributed by atoms with Crippen molar-refractivity contribution in [3.63, 3.8) is 0 Å². The van der Waals surface area contributed by atoms with Gasteiger partial charge in [0.1, 0.15) is 0 Å². The van der Waals surface area contributed by atoms with Gasteiger partial charge in [-0.05, 0) is 49.8 Å². The summed E-state index contributed by atoms with van der Waals surface area (Å²) in [5.74, 6) is 7.44. The Kier molecular flexibility index (Phi) is 13.2. The van der Waals surface area contributed by atoms with Gasteiger partial charge in [0, 0.05) is 12.5 Å². The fraction of sp³-hybridized carbons (Fsp3) is 0.826. The molecule has 0 aromatic carbocycles. The summed E-state index contributed by atoms with van der Waals surface area (Å²) >= 11 is 0. The molecule has 0 bridgehead atoms. The number of unbranched alkanes of at least 4 members (excludes halogenated alkanes) is 6. The first-order valence-corrected chi connectivity index (χ1v) is 10.6. The van der Waals surface area contributed by atoms with Crippen LogP contribution in [0, 0.1) is 17.8 Å². The lowest BCUT2D eigenvalue weighted by Crippen LogP contribution is -2.39. The number of hydrogen-bond acceptors (Lipinski definition) is 1. The van der Waals surface area contributed by atoms with Gasteiger partial charge in [-0.2, -0.15) is 0 Å². The molecule has 1 nitrogen and oxygen atoms in total. The molecule has 0 radical (unpaired) electrons. The Bertz CT molecular complexity index is 423. The lowest BCUT2D eigenvalue weighted by atomic mass is 9.39. The second kappa shape index (κ2) is 13.5. The van der Waals surface area contributed by atoms with Gasteiger partial charge in [0.2, 0.25) is 0 Å². The third-order valence-electron chi connectivity index (χ3n) is 5.16. The first-order chi connectivity index (χ1) is 11.8. The third kappa shape index (κ3) is 10.2. The van der Waals surface area contributed by atoms with Crippen molar-refractivity contribution in [2.45, 2.75) is 118 Å². The average molecular weight is 346 g/mol. The van der Waals surface area contributed by atoms with Crippen molar-refractivity contribution in [2.75, 3.05) is 0 Å². The van der Waals surface area contributed by atoms with E-state index in [1.165, 1.54) is 44.0 Å². The summed E-state index contributed by atoms with van der Waals surface area (Å²) < 4.78 is 6.40. The van der Waals surface area contributed by atoms with Crippen LogP contribution in [0.3, 0.4) is 0 Å². The van der Waals surface area contributed by atoms with Crippen molar-refractivity contribution in [2.24, 2.45) is 5.92 Å². The molecular weight excluding hydrogens is 303 g/mol. The van der Waals surface area contributed by atoms with E-state index in [2.05, 4.69) is 73.3 Å². The normalized spacial score (nSPS) is 12.5. The molecule has 0 N–H and O–H groups in total. The van der Waals surface area contributed by atoms with Gasteiger partial charge in [0.05, 0.1) is 0 Å². The van der Waals surface area contributed by atoms with Crippen LogP contribution in [0.4, 0.5) is 0 Å². The summed E-state index contributed by atoms with van der Waals surface area (Å²) in [6.45, 7) is 18.1. The molecule has 0 saturated heterocycles. The minimum atomic E-state index is 0.0684. The maximum absolute atomic E-state index is 6.40. The molecule has 0 atom stereocenters. The van der Waals surface area contributed by atoms with Crippen LogP contribution in [0.5, 0.6) is 0 Å². The fourth-order valence-corrected chi connectivity index (χ4v) is 2.71. The molecule has 144 valence electrons.